The Hall–Kier alpha value is -1.26. The van der Waals surface area contributed by atoms with Gasteiger partial charge in [-0.15, -0.1) is 0 Å². The lowest BCUT2D eigenvalue weighted by Crippen LogP contribution is -2.40. The molecule has 0 bridgehead atoms. The minimum absolute atomic E-state index is 0.183. The van der Waals surface area contributed by atoms with Gasteiger partial charge in [0.25, 0.3) is 0 Å². The van der Waals surface area contributed by atoms with Crippen LogP contribution in [0.3, 0.4) is 0 Å². The van der Waals surface area contributed by atoms with Crippen LogP contribution in [-0.4, -0.2) is 37.1 Å². The van der Waals surface area contributed by atoms with Gasteiger partial charge in [0, 0.05) is 23.3 Å². The summed E-state index contributed by atoms with van der Waals surface area (Å²) >= 11 is 5.85. The highest BCUT2D eigenvalue weighted by Gasteiger charge is 2.20. The van der Waals surface area contributed by atoms with Crippen LogP contribution in [0.2, 0.25) is 5.02 Å². The summed E-state index contributed by atoms with van der Waals surface area (Å²) in [4.78, 5) is 14.0. The zero-order valence-electron chi connectivity index (χ0n) is 10.4. The molecule has 2 rings (SSSR count). The van der Waals surface area contributed by atoms with E-state index in [-0.39, 0.29) is 6.03 Å². The third-order valence-corrected chi connectivity index (χ3v) is 3.49. The molecule has 2 N–H and O–H groups in total. The second-order valence-electron chi connectivity index (χ2n) is 4.62. The molecule has 0 saturated carbocycles. The molecule has 0 aliphatic carbocycles. The number of halogens is 1. The summed E-state index contributed by atoms with van der Waals surface area (Å²) < 4.78 is 0. The fourth-order valence-electron chi connectivity index (χ4n) is 2.19. The highest BCUT2D eigenvalue weighted by atomic mass is 35.5. The fourth-order valence-corrected chi connectivity index (χ4v) is 2.38. The molecular formula is C13H18ClN3O. The van der Waals surface area contributed by atoms with Gasteiger partial charge in [-0.1, -0.05) is 17.7 Å². The fraction of sp³-hybridized carbons (Fsp3) is 0.462. The Bertz CT molecular complexity index is 424. The molecule has 1 fully saturated rings. The van der Waals surface area contributed by atoms with Crippen molar-refractivity contribution in [2.24, 2.45) is 0 Å². The van der Waals surface area contributed by atoms with Crippen molar-refractivity contribution in [1.29, 1.82) is 0 Å². The van der Waals surface area contributed by atoms with E-state index in [1.165, 1.54) is 6.42 Å². The van der Waals surface area contributed by atoms with Crippen LogP contribution in [0, 0.1) is 0 Å². The van der Waals surface area contributed by atoms with E-state index in [2.05, 4.69) is 22.6 Å². The quantitative estimate of drug-likeness (QED) is 0.884. The van der Waals surface area contributed by atoms with Crippen LogP contribution in [-0.2, 0) is 0 Å². The SMILES string of the molecule is CN1CCCC1CNC(=O)Nc1cccc(Cl)c1. The van der Waals surface area contributed by atoms with Crippen molar-refractivity contribution in [2.45, 2.75) is 18.9 Å². The minimum atomic E-state index is -0.183. The maximum atomic E-state index is 11.7. The van der Waals surface area contributed by atoms with Crippen LogP contribution in [0.25, 0.3) is 0 Å². The lowest BCUT2D eigenvalue weighted by atomic mass is 10.2. The average Bonchev–Trinajstić information content (AvgIpc) is 2.72. The maximum absolute atomic E-state index is 11.7. The summed E-state index contributed by atoms with van der Waals surface area (Å²) in [6.07, 6.45) is 2.35. The number of anilines is 1. The number of rotatable bonds is 3. The van der Waals surface area contributed by atoms with Crippen molar-refractivity contribution in [3.8, 4) is 0 Å². The predicted octanol–water partition coefficient (Wildman–Crippen LogP) is 2.56. The van der Waals surface area contributed by atoms with Gasteiger partial charge >= 0.3 is 6.03 Å². The topological polar surface area (TPSA) is 44.4 Å². The molecule has 1 atom stereocenters. The highest BCUT2D eigenvalue weighted by Crippen LogP contribution is 2.15. The van der Waals surface area contributed by atoms with E-state index in [4.69, 9.17) is 11.6 Å². The van der Waals surface area contributed by atoms with Gasteiger partial charge in [-0.2, -0.15) is 0 Å². The second kappa shape index (κ2) is 6.07. The van der Waals surface area contributed by atoms with Gasteiger partial charge in [0.2, 0.25) is 0 Å². The first kappa shape index (κ1) is 13.2. The third-order valence-electron chi connectivity index (χ3n) is 3.25. The van der Waals surface area contributed by atoms with Crippen LogP contribution in [0.5, 0.6) is 0 Å². The number of nitrogens with zero attached hydrogens (tertiary/aromatic N) is 1. The van der Waals surface area contributed by atoms with Crippen LogP contribution in [0.15, 0.2) is 24.3 Å². The number of likely N-dealkylation sites (tertiary alicyclic amines) is 1. The largest absolute Gasteiger partial charge is 0.336 e. The number of nitrogens with one attached hydrogen (secondary N) is 2. The van der Waals surface area contributed by atoms with Crippen molar-refractivity contribution in [2.75, 3.05) is 25.5 Å². The number of amides is 2. The van der Waals surface area contributed by atoms with Crippen molar-refractivity contribution in [3.05, 3.63) is 29.3 Å². The number of benzene rings is 1. The molecule has 1 saturated heterocycles. The lowest BCUT2D eigenvalue weighted by Gasteiger charge is -2.19. The summed E-state index contributed by atoms with van der Waals surface area (Å²) in [5, 5.41) is 6.27. The molecule has 1 aliphatic rings. The Morgan fingerprint density at radius 3 is 3.06 bits per heavy atom. The van der Waals surface area contributed by atoms with Gasteiger partial charge in [0.05, 0.1) is 0 Å². The van der Waals surface area contributed by atoms with Gasteiger partial charge < -0.3 is 15.5 Å². The van der Waals surface area contributed by atoms with Gasteiger partial charge in [-0.25, -0.2) is 4.79 Å². The molecule has 1 aromatic carbocycles. The summed E-state index contributed by atoms with van der Waals surface area (Å²) in [6, 6.07) is 7.39. The zero-order chi connectivity index (χ0) is 13.0. The van der Waals surface area contributed by atoms with E-state index < -0.39 is 0 Å². The Morgan fingerprint density at radius 2 is 2.39 bits per heavy atom. The molecule has 1 aromatic rings. The molecule has 0 aromatic heterocycles. The third kappa shape index (κ3) is 3.62. The Morgan fingerprint density at radius 1 is 1.56 bits per heavy atom. The molecule has 0 radical (unpaired) electrons. The number of carbonyl (C=O) groups is 1. The summed E-state index contributed by atoms with van der Waals surface area (Å²) in [6.45, 7) is 1.80. The Kier molecular flexibility index (Phi) is 4.44. The van der Waals surface area contributed by atoms with Crippen LogP contribution >= 0.6 is 11.6 Å². The highest BCUT2D eigenvalue weighted by molar-refractivity contribution is 6.30. The van der Waals surface area contributed by atoms with E-state index >= 15 is 0 Å². The average molecular weight is 268 g/mol. The zero-order valence-corrected chi connectivity index (χ0v) is 11.2. The molecule has 98 valence electrons. The standard InChI is InChI=1S/C13H18ClN3O/c1-17-7-3-6-12(17)9-15-13(18)16-11-5-2-4-10(14)8-11/h2,4-5,8,12H,3,6-7,9H2,1H3,(H2,15,16,18). The van der Waals surface area contributed by atoms with E-state index in [1.54, 1.807) is 12.1 Å². The first-order valence-corrected chi connectivity index (χ1v) is 6.53. The van der Waals surface area contributed by atoms with Crippen LogP contribution in [0.4, 0.5) is 10.5 Å². The van der Waals surface area contributed by atoms with E-state index in [1.807, 2.05) is 12.1 Å². The number of urea groups is 1. The molecule has 1 heterocycles. The smallest absolute Gasteiger partial charge is 0.319 e. The Balaban J connectivity index is 1.78. The molecule has 1 aliphatic heterocycles. The molecular weight excluding hydrogens is 250 g/mol. The van der Waals surface area contributed by atoms with E-state index in [0.717, 1.165) is 13.0 Å². The van der Waals surface area contributed by atoms with Crippen molar-refractivity contribution in [1.82, 2.24) is 10.2 Å². The Labute approximate surface area is 112 Å². The van der Waals surface area contributed by atoms with Crippen LogP contribution < -0.4 is 10.6 Å². The number of hydrogen-bond acceptors (Lipinski definition) is 2. The number of likely N-dealkylation sites (N-methyl/N-ethyl adjacent to an activating group) is 1. The van der Waals surface area contributed by atoms with Gasteiger partial charge in [-0.3, -0.25) is 0 Å². The first-order valence-electron chi connectivity index (χ1n) is 6.16. The minimum Gasteiger partial charge on any atom is -0.336 e. The molecule has 5 heteroatoms. The second-order valence-corrected chi connectivity index (χ2v) is 5.06. The van der Waals surface area contributed by atoms with Crippen molar-refractivity contribution in [3.63, 3.8) is 0 Å². The number of hydrogen-bond donors (Lipinski definition) is 2. The monoisotopic (exact) mass is 267 g/mol. The van der Waals surface area contributed by atoms with Crippen LogP contribution in [0.1, 0.15) is 12.8 Å². The van der Waals surface area contributed by atoms with Crippen molar-refractivity contribution < 1.29 is 4.79 Å². The normalized spacial score (nSPS) is 19.8. The predicted molar refractivity (Wildman–Crippen MR) is 74.1 cm³/mol. The first-order chi connectivity index (χ1) is 8.65. The van der Waals surface area contributed by atoms with Gasteiger partial charge in [-0.05, 0) is 44.6 Å². The summed E-state index contributed by atoms with van der Waals surface area (Å²) in [5.74, 6) is 0. The molecule has 18 heavy (non-hydrogen) atoms. The molecule has 0 spiro atoms. The molecule has 2 amide bonds. The molecule has 1 unspecified atom stereocenters. The van der Waals surface area contributed by atoms with Gasteiger partial charge in [0.15, 0.2) is 0 Å². The maximum Gasteiger partial charge on any atom is 0.319 e. The lowest BCUT2D eigenvalue weighted by molar-refractivity contribution is 0.245. The van der Waals surface area contributed by atoms with Crippen molar-refractivity contribution >= 4 is 23.3 Å². The van der Waals surface area contributed by atoms with E-state index in [0.29, 0.717) is 23.3 Å². The summed E-state index contributed by atoms with van der Waals surface area (Å²) in [7, 11) is 2.09. The van der Waals surface area contributed by atoms with E-state index in [9.17, 15) is 4.79 Å². The molecule has 4 nitrogen and oxygen atoms in total. The summed E-state index contributed by atoms with van der Waals surface area (Å²) in [5.41, 5.74) is 0.708. The van der Waals surface area contributed by atoms with Gasteiger partial charge in [0.1, 0.15) is 0 Å². The number of carbonyl (C=O) groups excluding carboxylic acids is 1.